The average Bonchev–Trinajstić information content (AvgIpc) is 2.03. The van der Waals surface area contributed by atoms with Crippen LogP contribution >= 0.6 is 12.2 Å². The van der Waals surface area contributed by atoms with Gasteiger partial charge in [-0.05, 0) is 19.9 Å². The van der Waals surface area contributed by atoms with Crippen molar-refractivity contribution in [2.75, 3.05) is 13.6 Å². The molecule has 0 rings (SSSR count). The predicted octanol–water partition coefficient (Wildman–Crippen LogP) is 1.78. The summed E-state index contributed by atoms with van der Waals surface area (Å²) >= 11 is 4.82. The van der Waals surface area contributed by atoms with Crippen LogP contribution in [-0.2, 0) is 0 Å². The third kappa shape index (κ3) is 4.67. The first-order valence-corrected chi connectivity index (χ1v) is 5.01. The largest absolute Gasteiger partial charge is 0.393 e. The zero-order valence-electron chi connectivity index (χ0n) is 8.34. The van der Waals surface area contributed by atoms with Crippen LogP contribution in [0.5, 0.6) is 0 Å². The molecular formula is C9H20N2S. The van der Waals surface area contributed by atoms with Crippen molar-refractivity contribution < 1.29 is 0 Å². The molecule has 0 saturated carbocycles. The van der Waals surface area contributed by atoms with Gasteiger partial charge in [-0.15, -0.1) is 0 Å². The average molecular weight is 188 g/mol. The molecule has 0 heterocycles. The lowest BCUT2D eigenvalue weighted by atomic mass is 10.1. The SMILES string of the molecule is CCC(CC)N(C)CCC(N)=S. The summed E-state index contributed by atoms with van der Waals surface area (Å²) in [5, 5.41) is 0. The standard InChI is InChI=1S/C9H20N2S/c1-4-8(5-2)11(3)7-6-9(10)12/h8H,4-7H2,1-3H3,(H2,10,12). The van der Waals surface area contributed by atoms with Gasteiger partial charge in [0.15, 0.2) is 0 Å². The molecule has 0 spiro atoms. The van der Waals surface area contributed by atoms with Gasteiger partial charge in [-0.2, -0.15) is 0 Å². The Balaban J connectivity index is 3.68. The summed E-state index contributed by atoms with van der Waals surface area (Å²) < 4.78 is 0. The van der Waals surface area contributed by atoms with Crippen LogP contribution in [0.3, 0.4) is 0 Å². The summed E-state index contributed by atoms with van der Waals surface area (Å²) in [6.07, 6.45) is 3.23. The molecule has 0 amide bonds. The lowest BCUT2D eigenvalue weighted by Crippen LogP contribution is -2.33. The third-order valence-electron chi connectivity index (χ3n) is 2.28. The number of hydrogen-bond acceptors (Lipinski definition) is 2. The smallest absolute Gasteiger partial charge is 0.0740 e. The molecule has 0 aromatic heterocycles. The van der Waals surface area contributed by atoms with E-state index in [0.717, 1.165) is 13.0 Å². The first-order valence-electron chi connectivity index (χ1n) is 4.60. The minimum absolute atomic E-state index is 0.618. The molecule has 0 unspecified atom stereocenters. The van der Waals surface area contributed by atoms with Crippen LogP contribution in [0, 0.1) is 0 Å². The van der Waals surface area contributed by atoms with Crippen molar-refractivity contribution in [2.24, 2.45) is 5.73 Å². The van der Waals surface area contributed by atoms with Gasteiger partial charge in [-0.25, -0.2) is 0 Å². The Morgan fingerprint density at radius 2 is 1.92 bits per heavy atom. The first-order chi connectivity index (χ1) is 5.61. The Labute approximate surface area is 81.1 Å². The van der Waals surface area contributed by atoms with Crippen LogP contribution in [0.1, 0.15) is 33.1 Å². The fraction of sp³-hybridized carbons (Fsp3) is 0.889. The van der Waals surface area contributed by atoms with Crippen LogP contribution < -0.4 is 5.73 Å². The molecule has 0 bridgehead atoms. The van der Waals surface area contributed by atoms with Gasteiger partial charge in [0.2, 0.25) is 0 Å². The summed E-state index contributed by atoms with van der Waals surface area (Å²) in [7, 11) is 2.13. The Kier molecular flexibility index (Phi) is 6.30. The van der Waals surface area contributed by atoms with Crippen molar-refractivity contribution in [3.05, 3.63) is 0 Å². The van der Waals surface area contributed by atoms with E-state index >= 15 is 0 Å². The third-order valence-corrected chi connectivity index (χ3v) is 2.48. The van der Waals surface area contributed by atoms with Crippen LogP contribution in [0.15, 0.2) is 0 Å². The van der Waals surface area contributed by atoms with Gasteiger partial charge in [0.1, 0.15) is 0 Å². The molecule has 2 nitrogen and oxygen atoms in total. The van der Waals surface area contributed by atoms with E-state index in [1.807, 2.05) is 0 Å². The molecule has 0 saturated heterocycles. The van der Waals surface area contributed by atoms with Crippen molar-refractivity contribution in [1.82, 2.24) is 4.90 Å². The van der Waals surface area contributed by atoms with E-state index in [2.05, 4.69) is 25.8 Å². The van der Waals surface area contributed by atoms with E-state index in [1.54, 1.807) is 0 Å². The molecule has 0 atom stereocenters. The molecule has 0 aliphatic heterocycles. The van der Waals surface area contributed by atoms with E-state index in [9.17, 15) is 0 Å². The van der Waals surface area contributed by atoms with E-state index in [4.69, 9.17) is 18.0 Å². The highest BCUT2D eigenvalue weighted by molar-refractivity contribution is 7.80. The number of thiocarbonyl (C=S) groups is 1. The van der Waals surface area contributed by atoms with E-state index in [1.165, 1.54) is 12.8 Å². The number of nitrogens with zero attached hydrogens (tertiary/aromatic N) is 1. The molecule has 0 aliphatic carbocycles. The second-order valence-electron chi connectivity index (χ2n) is 3.17. The molecule has 72 valence electrons. The molecule has 0 radical (unpaired) electrons. The van der Waals surface area contributed by atoms with Crippen LogP contribution in [-0.4, -0.2) is 29.5 Å². The number of rotatable bonds is 6. The Hall–Kier alpha value is -0.150. The summed E-state index contributed by atoms with van der Waals surface area (Å²) in [5.74, 6) is 0. The molecule has 0 fully saturated rings. The number of hydrogen-bond donors (Lipinski definition) is 1. The summed E-state index contributed by atoms with van der Waals surface area (Å²) in [6.45, 7) is 5.42. The second-order valence-corrected chi connectivity index (χ2v) is 3.69. The van der Waals surface area contributed by atoms with Crippen LogP contribution in [0.2, 0.25) is 0 Å². The van der Waals surface area contributed by atoms with Crippen LogP contribution in [0.25, 0.3) is 0 Å². The normalized spacial score (nSPS) is 11.1. The maximum absolute atomic E-state index is 5.43. The molecule has 3 heteroatoms. The maximum atomic E-state index is 5.43. The maximum Gasteiger partial charge on any atom is 0.0740 e. The lowest BCUT2D eigenvalue weighted by Gasteiger charge is -2.25. The minimum atomic E-state index is 0.618. The highest BCUT2D eigenvalue weighted by Crippen LogP contribution is 2.05. The molecule has 0 aromatic carbocycles. The minimum Gasteiger partial charge on any atom is -0.393 e. The fourth-order valence-corrected chi connectivity index (χ4v) is 1.47. The van der Waals surface area contributed by atoms with Gasteiger partial charge in [-0.1, -0.05) is 26.1 Å². The zero-order chi connectivity index (χ0) is 9.56. The fourth-order valence-electron chi connectivity index (χ4n) is 1.38. The van der Waals surface area contributed by atoms with Crippen molar-refractivity contribution in [1.29, 1.82) is 0 Å². The molecule has 12 heavy (non-hydrogen) atoms. The highest BCUT2D eigenvalue weighted by Gasteiger charge is 2.09. The monoisotopic (exact) mass is 188 g/mol. The second kappa shape index (κ2) is 6.38. The van der Waals surface area contributed by atoms with Gasteiger partial charge >= 0.3 is 0 Å². The number of nitrogens with two attached hydrogens (primary N) is 1. The highest BCUT2D eigenvalue weighted by atomic mass is 32.1. The first kappa shape index (κ1) is 11.8. The summed E-state index contributed by atoms with van der Waals surface area (Å²) in [4.78, 5) is 2.95. The Morgan fingerprint density at radius 3 is 2.25 bits per heavy atom. The van der Waals surface area contributed by atoms with E-state index in [-0.39, 0.29) is 0 Å². The van der Waals surface area contributed by atoms with Gasteiger partial charge in [-0.3, -0.25) is 0 Å². The van der Waals surface area contributed by atoms with Gasteiger partial charge in [0.05, 0.1) is 4.99 Å². The Morgan fingerprint density at radius 1 is 1.42 bits per heavy atom. The topological polar surface area (TPSA) is 29.3 Å². The summed E-state index contributed by atoms with van der Waals surface area (Å²) in [5.41, 5.74) is 5.43. The molecule has 0 aliphatic rings. The van der Waals surface area contributed by atoms with Crippen molar-refractivity contribution in [2.45, 2.75) is 39.2 Å². The van der Waals surface area contributed by atoms with Gasteiger partial charge in [0, 0.05) is 19.0 Å². The van der Waals surface area contributed by atoms with Crippen LogP contribution in [0.4, 0.5) is 0 Å². The van der Waals surface area contributed by atoms with Crippen molar-refractivity contribution >= 4 is 17.2 Å². The van der Waals surface area contributed by atoms with Crippen molar-refractivity contribution in [3.63, 3.8) is 0 Å². The molecule has 0 aromatic rings. The quantitative estimate of drug-likeness (QED) is 0.644. The predicted molar refractivity (Wildman–Crippen MR) is 58.4 cm³/mol. The van der Waals surface area contributed by atoms with E-state index in [0.29, 0.717) is 11.0 Å². The summed E-state index contributed by atoms with van der Waals surface area (Å²) in [6, 6.07) is 0.680. The van der Waals surface area contributed by atoms with Gasteiger partial charge in [0.25, 0.3) is 0 Å². The molecular weight excluding hydrogens is 168 g/mol. The van der Waals surface area contributed by atoms with Gasteiger partial charge < -0.3 is 10.6 Å². The lowest BCUT2D eigenvalue weighted by molar-refractivity contribution is 0.236. The van der Waals surface area contributed by atoms with E-state index < -0.39 is 0 Å². The molecule has 2 N–H and O–H groups in total. The van der Waals surface area contributed by atoms with Crippen molar-refractivity contribution in [3.8, 4) is 0 Å². The Bertz CT molecular complexity index is 132. The zero-order valence-corrected chi connectivity index (χ0v) is 9.16.